The monoisotopic (exact) mass is 676 g/mol. The minimum atomic E-state index is -0.234. The summed E-state index contributed by atoms with van der Waals surface area (Å²) < 4.78 is 2.39. The van der Waals surface area contributed by atoms with Crippen molar-refractivity contribution in [2.45, 2.75) is 19.3 Å². The Labute approximate surface area is 308 Å². The van der Waals surface area contributed by atoms with Gasteiger partial charge in [-0.1, -0.05) is 141 Å². The SMILES string of the molecule is CC1(C)c2cc(N(c3ccccc3)c3ccc4c(c3)c3ccccc3n4-c3ccccc3)c3ccccc3c2-c2c1c1ccccc1c1ccccc21. The van der Waals surface area contributed by atoms with Gasteiger partial charge in [0.2, 0.25) is 0 Å². The lowest BCUT2D eigenvalue weighted by Gasteiger charge is -2.30. The molecule has 1 aliphatic carbocycles. The molecule has 11 rings (SSSR count). The fourth-order valence-electron chi connectivity index (χ4n) is 9.45. The first-order chi connectivity index (χ1) is 26.1. The van der Waals surface area contributed by atoms with Crippen molar-refractivity contribution in [3.05, 3.63) is 193 Å². The summed E-state index contributed by atoms with van der Waals surface area (Å²) in [6, 6.07) is 66.9. The maximum atomic E-state index is 2.51. The van der Waals surface area contributed by atoms with Crippen molar-refractivity contribution in [3.63, 3.8) is 0 Å². The zero-order valence-electron chi connectivity index (χ0n) is 29.7. The molecule has 9 aromatic carbocycles. The van der Waals surface area contributed by atoms with Crippen molar-refractivity contribution < 1.29 is 0 Å². The zero-order chi connectivity index (χ0) is 35.3. The maximum absolute atomic E-state index is 2.51. The quantitative estimate of drug-likeness (QED) is 0.168. The minimum Gasteiger partial charge on any atom is -0.310 e. The molecule has 0 bridgehead atoms. The third kappa shape index (κ3) is 4.21. The molecule has 0 fully saturated rings. The van der Waals surface area contributed by atoms with Crippen LogP contribution in [0.4, 0.5) is 17.1 Å². The molecule has 10 aromatic rings. The van der Waals surface area contributed by atoms with Gasteiger partial charge in [0.1, 0.15) is 0 Å². The molecule has 2 heteroatoms. The number of rotatable bonds is 4. The van der Waals surface area contributed by atoms with Crippen LogP contribution in [0.15, 0.2) is 182 Å². The van der Waals surface area contributed by atoms with Gasteiger partial charge in [-0.3, -0.25) is 0 Å². The molecular weight excluding hydrogens is 641 g/mol. The highest BCUT2D eigenvalue weighted by molar-refractivity contribution is 6.22. The van der Waals surface area contributed by atoms with Crippen LogP contribution >= 0.6 is 0 Å². The van der Waals surface area contributed by atoms with Crippen LogP contribution in [0.3, 0.4) is 0 Å². The average Bonchev–Trinajstić information content (AvgIpc) is 3.67. The van der Waals surface area contributed by atoms with E-state index in [1.165, 1.54) is 82.1 Å². The van der Waals surface area contributed by atoms with Gasteiger partial charge in [0, 0.05) is 38.6 Å². The Bertz CT molecular complexity index is 3080. The summed E-state index contributed by atoms with van der Waals surface area (Å²) in [7, 11) is 0. The number of anilines is 3. The lowest BCUT2D eigenvalue weighted by Crippen LogP contribution is -2.17. The van der Waals surface area contributed by atoms with Crippen molar-refractivity contribution >= 4 is 71.2 Å². The van der Waals surface area contributed by atoms with Gasteiger partial charge < -0.3 is 9.47 Å². The van der Waals surface area contributed by atoms with E-state index in [4.69, 9.17) is 0 Å². The van der Waals surface area contributed by atoms with Gasteiger partial charge in [-0.25, -0.2) is 0 Å². The Kier molecular flexibility index (Phi) is 6.33. The van der Waals surface area contributed by atoms with E-state index in [-0.39, 0.29) is 5.41 Å². The fraction of sp³-hybridized carbons (Fsp3) is 0.0588. The third-order valence-corrected chi connectivity index (χ3v) is 11.7. The summed E-state index contributed by atoms with van der Waals surface area (Å²) >= 11 is 0. The molecule has 0 radical (unpaired) electrons. The number of fused-ring (bicyclic) bond motifs is 13. The van der Waals surface area contributed by atoms with E-state index in [2.05, 4.69) is 205 Å². The molecule has 0 amide bonds. The fourth-order valence-corrected chi connectivity index (χ4v) is 9.45. The van der Waals surface area contributed by atoms with Crippen molar-refractivity contribution in [1.29, 1.82) is 0 Å². The maximum Gasteiger partial charge on any atom is 0.0543 e. The zero-order valence-corrected chi connectivity index (χ0v) is 29.7. The molecule has 1 heterocycles. The number of hydrogen-bond acceptors (Lipinski definition) is 1. The second-order valence-electron chi connectivity index (χ2n) is 14.9. The van der Waals surface area contributed by atoms with E-state index in [1.54, 1.807) is 0 Å². The van der Waals surface area contributed by atoms with Crippen LogP contribution in [-0.2, 0) is 5.41 Å². The molecule has 0 N–H and O–H groups in total. The molecule has 0 unspecified atom stereocenters. The van der Waals surface area contributed by atoms with E-state index in [0.29, 0.717) is 0 Å². The molecule has 0 atom stereocenters. The standard InChI is InChI=1S/C51H36N2/c1-51(2)44-32-47(38-23-11-13-26-41(38)48(44)49-40-25-12-9-21-36(40)37-22-10-14-27-42(37)50(49)51)52(33-17-5-3-6-18-33)35-29-30-46-43(31-35)39-24-15-16-28-45(39)53(46)34-19-7-4-8-20-34/h3-32H,1-2H3. The smallest absolute Gasteiger partial charge is 0.0543 e. The molecule has 0 saturated carbocycles. The molecule has 1 aromatic heterocycles. The van der Waals surface area contributed by atoms with Crippen LogP contribution in [-0.4, -0.2) is 4.57 Å². The highest BCUT2D eigenvalue weighted by Gasteiger charge is 2.40. The van der Waals surface area contributed by atoms with Crippen molar-refractivity contribution in [2.75, 3.05) is 4.90 Å². The Balaban J connectivity index is 1.22. The summed E-state index contributed by atoms with van der Waals surface area (Å²) in [6.45, 7) is 4.85. The predicted octanol–water partition coefficient (Wildman–Crippen LogP) is 14.0. The predicted molar refractivity (Wildman–Crippen MR) is 226 cm³/mol. The number of aromatic nitrogens is 1. The molecule has 0 aliphatic heterocycles. The van der Waals surface area contributed by atoms with Gasteiger partial charge >= 0.3 is 0 Å². The largest absolute Gasteiger partial charge is 0.310 e. The molecule has 53 heavy (non-hydrogen) atoms. The summed E-state index contributed by atoms with van der Waals surface area (Å²) in [5, 5.41) is 10.3. The average molecular weight is 677 g/mol. The number of hydrogen-bond donors (Lipinski definition) is 0. The Hall–Kier alpha value is -6.64. The first-order valence-electron chi connectivity index (χ1n) is 18.5. The van der Waals surface area contributed by atoms with Crippen LogP contribution in [0.25, 0.3) is 70.9 Å². The number of nitrogens with zero attached hydrogens (tertiary/aromatic N) is 2. The lowest BCUT2D eigenvalue weighted by atomic mass is 9.79. The van der Waals surface area contributed by atoms with E-state index in [9.17, 15) is 0 Å². The topological polar surface area (TPSA) is 8.17 Å². The normalized spacial score (nSPS) is 13.2. The first kappa shape index (κ1) is 30.0. The van der Waals surface area contributed by atoms with Crippen LogP contribution in [0.1, 0.15) is 25.0 Å². The van der Waals surface area contributed by atoms with E-state index < -0.39 is 0 Å². The second kappa shape index (κ2) is 11.2. The van der Waals surface area contributed by atoms with Crippen LogP contribution in [0.5, 0.6) is 0 Å². The summed E-state index contributed by atoms with van der Waals surface area (Å²) in [4.78, 5) is 2.48. The van der Waals surface area contributed by atoms with Gasteiger partial charge in [-0.15, -0.1) is 0 Å². The van der Waals surface area contributed by atoms with Gasteiger partial charge in [-0.2, -0.15) is 0 Å². The molecule has 0 spiro atoms. The summed E-state index contributed by atoms with van der Waals surface area (Å²) in [5.74, 6) is 0. The van der Waals surface area contributed by atoms with Gasteiger partial charge in [0.05, 0.1) is 16.7 Å². The highest BCUT2D eigenvalue weighted by atomic mass is 15.1. The molecule has 250 valence electrons. The minimum absolute atomic E-state index is 0.234. The van der Waals surface area contributed by atoms with Crippen molar-refractivity contribution in [2.24, 2.45) is 0 Å². The number of para-hydroxylation sites is 3. The summed E-state index contributed by atoms with van der Waals surface area (Å²) in [6.07, 6.45) is 0. The van der Waals surface area contributed by atoms with Gasteiger partial charge in [0.15, 0.2) is 0 Å². The van der Waals surface area contributed by atoms with Crippen molar-refractivity contribution in [3.8, 4) is 16.8 Å². The lowest BCUT2D eigenvalue weighted by molar-refractivity contribution is 0.667. The number of benzene rings is 9. The Morgan fingerprint density at radius 2 is 0.925 bits per heavy atom. The molecular formula is C51H36N2. The van der Waals surface area contributed by atoms with Crippen LogP contribution < -0.4 is 4.90 Å². The summed E-state index contributed by atoms with van der Waals surface area (Å²) in [5.41, 5.74) is 12.3. The van der Waals surface area contributed by atoms with Crippen LogP contribution in [0, 0.1) is 0 Å². The molecule has 1 aliphatic rings. The first-order valence-corrected chi connectivity index (χ1v) is 18.5. The van der Waals surface area contributed by atoms with E-state index >= 15 is 0 Å². The second-order valence-corrected chi connectivity index (χ2v) is 14.9. The van der Waals surface area contributed by atoms with Gasteiger partial charge in [-0.05, 0) is 104 Å². The van der Waals surface area contributed by atoms with E-state index in [0.717, 1.165) is 17.1 Å². The van der Waals surface area contributed by atoms with Crippen molar-refractivity contribution in [1.82, 2.24) is 4.57 Å². The van der Waals surface area contributed by atoms with Gasteiger partial charge in [0.25, 0.3) is 0 Å². The Morgan fingerprint density at radius 1 is 0.396 bits per heavy atom. The Morgan fingerprint density at radius 3 is 1.64 bits per heavy atom. The van der Waals surface area contributed by atoms with Crippen LogP contribution in [0.2, 0.25) is 0 Å². The van der Waals surface area contributed by atoms with E-state index in [1.807, 2.05) is 0 Å². The molecule has 0 saturated heterocycles. The highest BCUT2D eigenvalue weighted by Crippen LogP contribution is 2.58. The third-order valence-electron chi connectivity index (χ3n) is 11.7. The molecule has 2 nitrogen and oxygen atoms in total.